The predicted octanol–water partition coefficient (Wildman–Crippen LogP) is 1.19. The third-order valence-electron chi connectivity index (χ3n) is 2.09. The fraction of sp³-hybridized carbons (Fsp3) is 0.273. The monoisotopic (exact) mass is 246 g/mol. The summed E-state index contributed by atoms with van der Waals surface area (Å²) < 4.78 is 1.49. The molecule has 7 heteroatoms. The summed E-state index contributed by atoms with van der Waals surface area (Å²) in [5.74, 6) is 0.522. The van der Waals surface area contributed by atoms with Crippen molar-refractivity contribution in [1.82, 2.24) is 25.1 Å². The van der Waals surface area contributed by atoms with Crippen LogP contribution in [0.25, 0.3) is 5.82 Å². The van der Waals surface area contributed by atoms with Gasteiger partial charge in [-0.2, -0.15) is 5.10 Å². The topological polar surface area (TPSA) is 84.7 Å². The van der Waals surface area contributed by atoms with E-state index in [1.807, 2.05) is 13.8 Å². The molecular formula is C11H14N6O. The van der Waals surface area contributed by atoms with E-state index in [0.29, 0.717) is 11.5 Å². The molecule has 0 bridgehead atoms. The Morgan fingerprint density at radius 2 is 2.28 bits per heavy atom. The second kappa shape index (κ2) is 5.26. The highest BCUT2D eigenvalue weighted by molar-refractivity contribution is 5.91. The Kier molecular flexibility index (Phi) is 3.52. The number of anilines is 1. The number of hydrogen-bond donors (Lipinski definition) is 2. The fourth-order valence-corrected chi connectivity index (χ4v) is 1.42. The number of hydrogen-bond acceptors (Lipinski definition) is 4. The Bertz CT molecular complexity index is 522. The lowest BCUT2D eigenvalue weighted by atomic mass is 10.3. The maximum Gasteiger partial charge on any atom is 0.319 e. The van der Waals surface area contributed by atoms with Gasteiger partial charge in [-0.25, -0.2) is 19.4 Å². The van der Waals surface area contributed by atoms with Gasteiger partial charge < -0.3 is 10.6 Å². The molecule has 0 radical (unpaired) electrons. The molecule has 0 aliphatic rings. The van der Waals surface area contributed by atoms with Crippen LogP contribution in [0.4, 0.5) is 10.5 Å². The fourth-order valence-electron chi connectivity index (χ4n) is 1.42. The molecule has 2 aromatic rings. The number of nitrogens with zero attached hydrogens (tertiary/aromatic N) is 4. The molecule has 0 aliphatic carbocycles. The van der Waals surface area contributed by atoms with Gasteiger partial charge in [-0.05, 0) is 26.0 Å². The van der Waals surface area contributed by atoms with Crippen LogP contribution in [0, 0.1) is 0 Å². The number of amides is 2. The molecule has 2 aromatic heterocycles. The predicted molar refractivity (Wildman–Crippen MR) is 66.4 cm³/mol. The number of carbonyl (C=O) groups excluding carboxylic acids is 1. The van der Waals surface area contributed by atoms with Crippen molar-refractivity contribution in [3.05, 3.63) is 31.0 Å². The van der Waals surface area contributed by atoms with Crippen LogP contribution in [0.1, 0.15) is 13.8 Å². The van der Waals surface area contributed by atoms with E-state index >= 15 is 0 Å². The van der Waals surface area contributed by atoms with Crippen LogP contribution < -0.4 is 10.6 Å². The van der Waals surface area contributed by atoms with Crippen molar-refractivity contribution in [2.45, 2.75) is 19.9 Å². The molecule has 0 spiro atoms. The minimum absolute atomic E-state index is 0.0662. The Hall–Kier alpha value is -2.44. The zero-order valence-corrected chi connectivity index (χ0v) is 10.2. The molecule has 0 atom stereocenters. The molecule has 18 heavy (non-hydrogen) atoms. The normalized spacial score (nSPS) is 10.4. The summed E-state index contributed by atoms with van der Waals surface area (Å²) in [6.07, 6.45) is 4.56. The second-order valence-electron chi connectivity index (χ2n) is 3.97. The number of nitrogens with one attached hydrogen (secondary N) is 2. The molecule has 7 nitrogen and oxygen atoms in total. The van der Waals surface area contributed by atoms with Crippen molar-refractivity contribution in [2.75, 3.05) is 5.32 Å². The molecule has 2 amide bonds. The Morgan fingerprint density at radius 1 is 1.44 bits per heavy atom. The molecule has 2 rings (SSSR count). The van der Waals surface area contributed by atoms with Crippen molar-refractivity contribution in [1.29, 1.82) is 0 Å². The van der Waals surface area contributed by atoms with Gasteiger partial charge in [0.1, 0.15) is 12.7 Å². The van der Waals surface area contributed by atoms with E-state index in [9.17, 15) is 4.79 Å². The summed E-state index contributed by atoms with van der Waals surface area (Å²) >= 11 is 0. The Morgan fingerprint density at radius 3 is 2.94 bits per heavy atom. The number of pyridine rings is 1. The van der Waals surface area contributed by atoms with E-state index < -0.39 is 0 Å². The molecular weight excluding hydrogens is 232 g/mol. The number of urea groups is 1. The maximum atomic E-state index is 11.6. The van der Waals surface area contributed by atoms with Gasteiger partial charge in [0.2, 0.25) is 0 Å². The summed E-state index contributed by atoms with van der Waals surface area (Å²) in [5, 5.41) is 9.46. The van der Waals surface area contributed by atoms with Crippen molar-refractivity contribution in [2.24, 2.45) is 0 Å². The average molecular weight is 246 g/mol. The zero-order chi connectivity index (χ0) is 13.0. The Balaban J connectivity index is 2.21. The van der Waals surface area contributed by atoms with Crippen molar-refractivity contribution < 1.29 is 4.79 Å². The quantitative estimate of drug-likeness (QED) is 0.852. The van der Waals surface area contributed by atoms with Crippen molar-refractivity contribution in [3.63, 3.8) is 0 Å². The van der Waals surface area contributed by atoms with Gasteiger partial charge in [0.25, 0.3) is 0 Å². The van der Waals surface area contributed by atoms with Crippen LogP contribution in [0.5, 0.6) is 0 Å². The molecule has 0 aliphatic heterocycles. The number of carbonyl (C=O) groups is 1. The lowest BCUT2D eigenvalue weighted by molar-refractivity contribution is 0.250. The molecule has 0 saturated carbocycles. The summed E-state index contributed by atoms with van der Waals surface area (Å²) in [6, 6.07) is 3.28. The maximum absolute atomic E-state index is 11.6. The van der Waals surface area contributed by atoms with Gasteiger partial charge in [-0.1, -0.05) is 0 Å². The van der Waals surface area contributed by atoms with Crippen LogP contribution in [0.2, 0.25) is 0 Å². The second-order valence-corrected chi connectivity index (χ2v) is 3.97. The molecule has 0 fully saturated rings. The lowest BCUT2D eigenvalue weighted by Crippen LogP contribution is -2.34. The van der Waals surface area contributed by atoms with E-state index in [2.05, 4.69) is 25.7 Å². The van der Waals surface area contributed by atoms with E-state index in [-0.39, 0.29) is 12.1 Å². The van der Waals surface area contributed by atoms with E-state index in [1.54, 1.807) is 18.3 Å². The standard InChI is InChI=1S/C11H14N6O/c1-8(2)15-11(18)16-9-4-3-5-13-10(9)17-7-12-6-14-17/h3-8H,1-2H3,(H2,15,16,18). The van der Waals surface area contributed by atoms with E-state index in [1.165, 1.54) is 17.3 Å². The van der Waals surface area contributed by atoms with Gasteiger partial charge in [0.15, 0.2) is 5.82 Å². The van der Waals surface area contributed by atoms with Crippen molar-refractivity contribution in [3.8, 4) is 5.82 Å². The number of rotatable bonds is 3. The average Bonchev–Trinajstić information content (AvgIpc) is 2.81. The third-order valence-corrected chi connectivity index (χ3v) is 2.09. The smallest absolute Gasteiger partial charge is 0.319 e. The molecule has 0 unspecified atom stereocenters. The van der Waals surface area contributed by atoms with Gasteiger partial charge in [0.05, 0.1) is 5.69 Å². The first-order valence-electron chi connectivity index (χ1n) is 5.54. The van der Waals surface area contributed by atoms with Crippen LogP contribution in [0.3, 0.4) is 0 Å². The first-order valence-corrected chi connectivity index (χ1v) is 5.54. The summed E-state index contributed by atoms with van der Waals surface area (Å²) in [7, 11) is 0. The van der Waals surface area contributed by atoms with Crippen LogP contribution in [-0.4, -0.2) is 31.8 Å². The largest absolute Gasteiger partial charge is 0.336 e. The van der Waals surface area contributed by atoms with E-state index in [0.717, 1.165) is 0 Å². The lowest BCUT2D eigenvalue weighted by Gasteiger charge is -2.12. The molecule has 2 N–H and O–H groups in total. The summed E-state index contributed by atoms with van der Waals surface area (Å²) in [5.41, 5.74) is 0.571. The highest BCUT2D eigenvalue weighted by Crippen LogP contribution is 2.15. The van der Waals surface area contributed by atoms with Crippen LogP contribution in [0.15, 0.2) is 31.0 Å². The van der Waals surface area contributed by atoms with Crippen molar-refractivity contribution >= 4 is 11.7 Å². The molecule has 0 aromatic carbocycles. The number of aromatic nitrogens is 4. The van der Waals surface area contributed by atoms with Gasteiger partial charge >= 0.3 is 6.03 Å². The molecule has 94 valence electrons. The minimum atomic E-state index is -0.278. The first kappa shape index (κ1) is 12.0. The summed E-state index contributed by atoms with van der Waals surface area (Å²) in [4.78, 5) is 19.7. The zero-order valence-electron chi connectivity index (χ0n) is 10.2. The highest BCUT2D eigenvalue weighted by atomic mass is 16.2. The van der Waals surface area contributed by atoms with E-state index in [4.69, 9.17) is 0 Å². The molecule has 0 saturated heterocycles. The first-order chi connectivity index (χ1) is 8.66. The van der Waals surface area contributed by atoms with Crippen LogP contribution >= 0.6 is 0 Å². The van der Waals surface area contributed by atoms with Gasteiger partial charge in [-0.15, -0.1) is 0 Å². The third kappa shape index (κ3) is 2.82. The Labute approximate surface area is 104 Å². The highest BCUT2D eigenvalue weighted by Gasteiger charge is 2.09. The van der Waals surface area contributed by atoms with Gasteiger partial charge in [-0.3, -0.25) is 0 Å². The minimum Gasteiger partial charge on any atom is -0.336 e. The molecule has 2 heterocycles. The van der Waals surface area contributed by atoms with Gasteiger partial charge in [0, 0.05) is 12.2 Å². The SMILES string of the molecule is CC(C)NC(=O)Nc1cccnc1-n1cncn1. The summed E-state index contributed by atoms with van der Waals surface area (Å²) in [6.45, 7) is 3.78. The van der Waals surface area contributed by atoms with Crippen LogP contribution in [-0.2, 0) is 0 Å².